The number of benzene rings is 2. The molecule has 29 heavy (non-hydrogen) atoms. The van der Waals surface area contributed by atoms with E-state index in [1.165, 1.54) is 21.3 Å². The van der Waals surface area contributed by atoms with Crippen LogP contribution in [-0.2, 0) is 20.9 Å². The number of nitrogens with one attached hydrogen (secondary N) is 1. The van der Waals surface area contributed by atoms with Gasteiger partial charge in [-0.25, -0.2) is 4.79 Å². The molecule has 8 heteroatoms. The highest BCUT2D eigenvalue weighted by molar-refractivity contribution is 5.82. The minimum Gasteiger partial charge on any atom is -0.493 e. The largest absolute Gasteiger partial charge is 0.493 e. The van der Waals surface area contributed by atoms with Gasteiger partial charge in [0.2, 0.25) is 5.75 Å². The summed E-state index contributed by atoms with van der Waals surface area (Å²) in [7, 11) is 4.54. The fourth-order valence-electron chi connectivity index (χ4n) is 2.49. The summed E-state index contributed by atoms with van der Waals surface area (Å²) < 4.78 is 26.3. The van der Waals surface area contributed by atoms with Crippen LogP contribution in [0.15, 0.2) is 42.5 Å². The minimum atomic E-state index is -0.833. The zero-order valence-electron chi connectivity index (χ0n) is 16.9. The summed E-state index contributed by atoms with van der Waals surface area (Å²) in [6.45, 7) is 1.35. The fourth-order valence-corrected chi connectivity index (χ4v) is 2.49. The van der Waals surface area contributed by atoms with E-state index >= 15 is 0 Å². The molecule has 0 unspecified atom stereocenters. The third-order valence-electron chi connectivity index (χ3n) is 3.95. The van der Waals surface area contributed by atoms with Gasteiger partial charge in [0.05, 0.1) is 21.3 Å². The Bertz CT molecular complexity index is 798. The van der Waals surface area contributed by atoms with E-state index in [-0.39, 0.29) is 6.54 Å². The normalized spacial score (nSPS) is 11.2. The van der Waals surface area contributed by atoms with E-state index in [0.29, 0.717) is 23.0 Å². The molecule has 0 radical (unpaired) electrons. The van der Waals surface area contributed by atoms with Crippen LogP contribution in [0.5, 0.6) is 23.0 Å². The van der Waals surface area contributed by atoms with Gasteiger partial charge in [-0.05, 0) is 36.8 Å². The summed E-state index contributed by atoms with van der Waals surface area (Å²) in [5.41, 5.74) is 0.736. The van der Waals surface area contributed by atoms with Crippen LogP contribution in [-0.4, -0.2) is 45.9 Å². The van der Waals surface area contributed by atoms with Crippen LogP contribution in [0.25, 0.3) is 0 Å². The smallest absolute Gasteiger partial charge is 0.347 e. The summed E-state index contributed by atoms with van der Waals surface area (Å²) in [5, 5.41) is 2.67. The van der Waals surface area contributed by atoms with Crippen molar-refractivity contribution in [1.82, 2.24) is 5.32 Å². The zero-order valence-corrected chi connectivity index (χ0v) is 16.9. The highest BCUT2D eigenvalue weighted by Gasteiger charge is 2.18. The lowest BCUT2D eigenvalue weighted by Gasteiger charge is -2.15. The molecule has 8 nitrogen and oxygen atoms in total. The number of para-hydroxylation sites is 1. The van der Waals surface area contributed by atoms with Gasteiger partial charge >= 0.3 is 5.97 Å². The lowest BCUT2D eigenvalue weighted by Crippen LogP contribution is -2.32. The Morgan fingerprint density at radius 1 is 0.966 bits per heavy atom. The molecule has 0 aliphatic heterocycles. The number of amides is 1. The maximum atomic E-state index is 12.0. The molecule has 156 valence electrons. The predicted molar refractivity (Wildman–Crippen MR) is 105 cm³/mol. The Balaban J connectivity index is 1.84. The Kier molecular flexibility index (Phi) is 8.14. The zero-order chi connectivity index (χ0) is 21.2. The first kappa shape index (κ1) is 21.9. The van der Waals surface area contributed by atoms with E-state index < -0.39 is 24.6 Å². The van der Waals surface area contributed by atoms with E-state index in [1.807, 2.05) is 6.07 Å². The van der Waals surface area contributed by atoms with Crippen LogP contribution >= 0.6 is 0 Å². The molecule has 0 spiro atoms. The number of carbonyl (C=O) groups excluding carboxylic acids is 2. The third-order valence-corrected chi connectivity index (χ3v) is 3.95. The van der Waals surface area contributed by atoms with Crippen LogP contribution in [0, 0.1) is 0 Å². The number of carbonyl (C=O) groups is 2. The van der Waals surface area contributed by atoms with Crippen molar-refractivity contribution in [1.29, 1.82) is 0 Å². The van der Waals surface area contributed by atoms with Crippen molar-refractivity contribution in [3.05, 3.63) is 48.0 Å². The van der Waals surface area contributed by atoms with Crippen molar-refractivity contribution in [3.8, 4) is 23.0 Å². The van der Waals surface area contributed by atoms with Gasteiger partial charge in [0.25, 0.3) is 5.91 Å². The average Bonchev–Trinajstić information content (AvgIpc) is 2.75. The highest BCUT2D eigenvalue weighted by atomic mass is 16.6. The number of hydrogen-bond donors (Lipinski definition) is 1. The molecule has 2 aromatic carbocycles. The molecular formula is C21H25NO7. The number of hydrogen-bond acceptors (Lipinski definition) is 7. The standard InChI is InChI=1S/C21H25NO7/c1-14(29-16-8-6-5-7-9-16)21(24)28-13-19(23)22-12-15-10-17(25-2)20(27-4)18(11-15)26-3/h5-11,14H,12-13H2,1-4H3,(H,22,23)/t14-/m0/s1. The van der Waals surface area contributed by atoms with E-state index in [0.717, 1.165) is 5.56 Å². The van der Waals surface area contributed by atoms with Gasteiger partial charge in [0.15, 0.2) is 24.2 Å². The van der Waals surface area contributed by atoms with Gasteiger partial charge in [0, 0.05) is 6.54 Å². The molecule has 0 aromatic heterocycles. The maximum Gasteiger partial charge on any atom is 0.347 e. The third kappa shape index (κ3) is 6.31. The molecule has 0 aliphatic rings. The molecule has 1 atom stereocenters. The predicted octanol–water partition coefficient (Wildman–Crippen LogP) is 2.34. The number of ether oxygens (including phenoxy) is 5. The topological polar surface area (TPSA) is 92.3 Å². The van der Waals surface area contributed by atoms with Gasteiger partial charge in [0.1, 0.15) is 5.75 Å². The molecule has 0 fully saturated rings. The summed E-state index contributed by atoms with van der Waals surface area (Å²) in [4.78, 5) is 24.0. The second-order valence-corrected chi connectivity index (χ2v) is 5.99. The molecule has 2 aromatic rings. The van der Waals surface area contributed by atoms with Crippen molar-refractivity contribution in [3.63, 3.8) is 0 Å². The van der Waals surface area contributed by atoms with Crippen molar-refractivity contribution >= 4 is 11.9 Å². The molecular weight excluding hydrogens is 378 g/mol. The number of methoxy groups -OCH3 is 3. The van der Waals surface area contributed by atoms with Crippen molar-refractivity contribution in [2.45, 2.75) is 19.6 Å². The van der Waals surface area contributed by atoms with Gasteiger partial charge in [-0.15, -0.1) is 0 Å². The van der Waals surface area contributed by atoms with Crippen LogP contribution in [0.2, 0.25) is 0 Å². The summed E-state index contributed by atoms with van der Waals surface area (Å²) in [6.07, 6.45) is -0.833. The first-order valence-electron chi connectivity index (χ1n) is 8.92. The molecule has 1 amide bonds. The van der Waals surface area contributed by atoms with Gasteiger partial charge < -0.3 is 29.0 Å². The minimum absolute atomic E-state index is 0.198. The first-order chi connectivity index (χ1) is 14.0. The SMILES string of the molecule is COc1cc(CNC(=O)COC(=O)[C@H](C)Oc2ccccc2)cc(OC)c1OC. The molecule has 0 saturated heterocycles. The summed E-state index contributed by atoms with van der Waals surface area (Å²) in [5.74, 6) is 0.898. The first-order valence-corrected chi connectivity index (χ1v) is 8.92. The highest BCUT2D eigenvalue weighted by Crippen LogP contribution is 2.38. The fraction of sp³-hybridized carbons (Fsp3) is 0.333. The average molecular weight is 403 g/mol. The molecule has 0 bridgehead atoms. The van der Waals surface area contributed by atoms with Crippen molar-refractivity contribution in [2.75, 3.05) is 27.9 Å². The van der Waals surface area contributed by atoms with E-state index in [1.54, 1.807) is 43.3 Å². The lowest BCUT2D eigenvalue weighted by molar-refractivity contribution is -0.154. The van der Waals surface area contributed by atoms with E-state index in [2.05, 4.69) is 5.32 Å². The van der Waals surface area contributed by atoms with Crippen LogP contribution in [0.4, 0.5) is 0 Å². The second-order valence-electron chi connectivity index (χ2n) is 5.99. The van der Waals surface area contributed by atoms with Gasteiger partial charge in [-0.2, -0.15) is 0 Å². The number of rotatable bonds is 10. The molecule has 0 aliphatic carbocycles. The van der Waals surface area contributed by atoms with Crippen LogP contribution < -0.4 is 24.3 Å². The Morgan fingerprint density at radius 3 is 2.14 bits per heavy atom. The molecule has 0 saturated carbocycles. The van der Waals surface area contributed by atoms with Crippen molar-refractivity contribution < 1.29 is 33.3 Å². The quantitative estimate of drug-likeness (QED) is 0.609. The summed E-state index contributed by atoms with van der Waals surface area (Å²) in [6, 6.07) is 12.3. The maximum absolute atomic E-state index is 12.0. The molecule has 1 N–H and O–H groups in total. The molecule has 2 rings (SSSR count). The van der Waals surface area contributed by atoms with Gasteiger partial charge in [-0.3, -0.25) is 4.79 Å². The van der Waals surface area contributed by atoms with Crippen LogP contribution in [0.1, 0.15) is 12.5 Å². The monoisotopic (exact) mass is 403 g/mol. The number of esters is 1. The summed E-state index contributed by atoms with van der Waals surface area (Å²) >= 11 is 0. The lowest BCUT2D eigenvalue weighted by atomic mass is 10.1. The Labute approximate surface area is 169 Å². The second kappa shape index (κ2) is 10.8. The molecule has 0 heterocycles. The van der Waals surface area contributed by atoms with Gasteiger partial charge in [-0.1, -0.05) is 18.2 Å². The van der Waals surface area contributed by atoms with Crippen LogP contribution in [0.3, 0.4) is 0 Å². The van der Waals surface area contributed by atoms with E-state index in [4.69, 9.17) is 23.7 Å². The van der Waals surface area contributed by atoms with Crippen molar-refractivity contribution in [2.24, 2.45) is 0 Å². The Hall–Kier alpha value is -3.42. The van der Waals surface area contributed by atoms with E-state index in [9.17, 15) is 9.59 Å². The Morgan fingerprint density at radius 2 is 1.59 bits per heavy atom.